The average Bonchev–Trinajstić information content (AvgIpc) is 3.14. The third-order valence-electron chi connectivity index (χ3n) is 4.31. The van der Waals surface area contributed by atoms with Crippen LogP contribution in [-0.2, 0) is 6.54 Å². The minimum absolute atomic E-state index is 0.147. The summed E-state index contributed by atoms with van der Waals surface area (Å²) < 4.78 is 0. The fourth-order valence-electron chi connectivity index (χ4n) is 3.38. The Morgan fingerprint density at radius 2 is 2.05 bits per heavy atom. The van der Waals surface area contributed by atoms with Gasteiger partial charge >= 0.3 is 0 Å². The summed E-state index contributed by atoms with van der Waals surface area (Å²) in [6.07, 6.45) is 1.22. The van der Waals surface area contributed by atoms with Crippen molar-refractivity contribution in [3.63, 3.8) is 0 Å². The van der Waals surface area contributed by atoms with E-state index in [2.05, 4.69) is 45.1 Å². The Labute approximate surface area is 122 Å². The Kier molecular flexibility index (Phi) is 2.89. The molecule has 0 saturated carbocycles. The fraction of sp³-hybridized carbons (Fsp3) is 0.400. The quantitative estimate of drug-likeness (QED) is 0.940. The number of benzene rings is 1. The van der Waals surface area contributed by atoms with Crippen molar-refractivity contribution in [2.45, 2.75) is 25.0 Å². The second-order valence-electron chi connectivity index (χ2n) is 5.60. The SMILES string of the molecule is Oc1csc(N2CC3CC2CN3Cc2ccccc2)n1. The lowest BCUT2D eigenvalue weighted by atomic mass is 10.2. The lowest BCUT2D eigenvalue weighted by molar-refractivity contribution is 0.230. The summed E-state index contributed by atoms with van der Waals surface area (Å²) in [5.74, 6) is 0.147. The van der Waals surface area contributed by atoms with Crippen LogP contribution in [0, 0.1) is 0 Å². The first-order chi connectivity index (χ1) is 9.79. The van der Waals surface area contributed by atoms with Crippen LogP contribution < -0.4 is 4.90 Å². The van der Waals surface area contributed by atoms with Gasteiger partial charge < -0.3 is 10.0 Å². The Balaban J connectivity index is 1.45. The first kappa shape index (κ1) is 12.2. The molecule has 3 heterocycles. The molecule has 2 bridgehead atoms. The number of fused-ring (bicyclic) bond motifs is 2. The highest BCUT2D eigenvalue weighted by Crippen LogP contribution is 2.37. The number of aromatic hydroxyl groups is 1. The van der Waals surface area contributed by atoms with Gasteiger partial charge in [-0.2, -0.15) is 4.98 Å². The standard InChI is InChI=1S/C15H17N3OS/c19-14-10-20-15(16-14)18-9-12-6-13(18)8-17(12)7-11-4-2-1-3-5-11/h1-5,10,12-13,19H,6-9H2. The van der Waals surface area contributed by atoms with E-state index in [1.165, 1.54) is 23.3 Å². The zero-order chi connectivity index (χ0) is 13.5. The second-order valence-corrected chi connectivity index (χ2v) is 6.44. The molecule has 104 valence electrons. The van der Waals surface area contributed by atoms with Gasteiger partial charge in [0.2, 0.25) is 5.88 Å². The van der Waals surface area contributed by atoms with Gasteiger partial charge in [0.1, 0.15) is 0 Å². The van der Waals surface area contributed by atoms with Gasteiger partial charge in [-0.05, 0) is 12.0 Å². The monoisotopic (exact) mass is 287 g/mol. The number of hydrogen-bond acceptors (Lipinski definition) is 5. The van der Waals surface area contributed by atoms with Crippen molar-refractivity contribution in [1.29, 1.82) is 0 Å². The molecule has 4 rings (SSSR count). The van der Waals surface area contributed by atoms with Crippen molar-refractivity contribution in [3.05, 3.63) is 41.3 Å². The van der Waals surface area contributed by atoms with Crippen LogP contribution in [0.2, 0.25) is 0 Å². The molecule has 1 N–H and O–H groups in total. The van der Waals surface area contributed by atoms with Gasteiger partial charge in [-0.25, -0.2) is 0 Å². The molecule has 5 heteroatoms. The van der Waals surface area contributed by atoms with Gasteiger partial charge in [-0.1, -0.05) is 30.3 Å². The van der Waals surface area contributed by atoms with Crippen molar-refractivity contribution < 1.29 is 5.11 Å². The molecule has 2 aliphatic heterocycles. The highest BCUT2D eigenvalue weighted by Gasteiger charge is 2.43. The molecule has 0 aliphatic carbocycles. The lowest BCUT2D eigenvalue weighted by Gasteiger charge is -2.34. The van der Waals surface area contributed by atoms with Crippen molar-refractivity contribution in [3.8, 4) is 5.88 Å². The van der Waals surface area contributed by atoms with Crippen molar-refractivity contribution in [2.75, 3.05) is 18.0 Å². The van der Waals surface area contributed by atoms with E-state index in [0.29, 0.717) is 12.1 Å². The summed E-state index contributed by atoms with van der Waals surface area (Å²) in [6, 6.07) is 11.8. The summed E-state index contributed by atoms with van der Waals surface area (Å²) in [5.41, 5.74) is 1.39. The predicted octanol–water partition coefficient (Wildman–Crippen LogP) is 2.31. The maximum Gasteiger partial charge on any atom is 0.223 e. The van der Waals surface area contributed by atoms with E-state index in [0.717, 1.165) is 24.8 Å². The molecule has 1 aromatic carbocycles. The number of rotatable bonds is 3. The third-order valence-corrected chi connectivity index (χ3v) is 5.17. The molecular formula is C15H17N3OS. The first-order valence-corrected chi connectivity index (χ1v) is 7.86. The molecule has 2 fully saturated rings. The van der Waals surface area contributed by atoms with Crippen LogP contribution in [0.15, 0.2) is 35.7 Å². The number of likely N-dealkylation sites (tertiary alicyclic amines) is 1. The Bertz CT molecular complexity index is 600. The summed E-state index contributed by atoms with van der Waals surface area (Å²) in [5, 5.41) is 12.1. The van der Waals surface area contributed by atoms with E-state index < -0.39 is 0 Å². The van der Waals surface area contributed by atoms with Gasteiger partial charge in [0.15, 0.2) is 5.13 Å². The zero-order valence-corrected chi connectivity index (χ0v) is 12.0. The maximum absolute atomic E-state index is 9.39. The van der Waals surface area contributed by atoms with Crippen molar-refractivity contribution in [1.82, 2.24) is 9.88 Å². The van der Waals surface area contributed by atoms with Crippen LogP contribution in [0.4, 0.5) is 5.13 Å². The van der Waals surface area contributed by atoms with Gasteiger partial charge in [-0.15, -0.1) is 11.3 Å². The minimum atomic E-state index is 0.147. The normalized spacial score (nSPS) is 25.5. The zero-order valence-electron chi connectivity index (χ0n) is 11.1. The number of thiazole rings is 1. The molecule has 20 heavy (non-hydrogen) atoms. The van der Waals surface area contributed by atoms with Crippen LogP contribution in [0.5, 0.6) is 5.88 Å². The summed E-state index contributed by atoms with van der Waals surface area (Å²) in [4.78, 5) is 9.13. The third kappa shape index (κ3) is 2.07. The van der Waals surface area contributed by atoms with E-state index in [-0.39, 0.29) is 5.88 Å². The summed E-state index contributed by atoms with van der Waals surface area (Å²) in [7, 11) is 0. The van der Waals surface area contributed by atoms with E-state index in [4.69, 9.17) is 0 Å². The molecule has 0 radical (unpaired) electrons. The molecule has 2 unspecified atom stereocenters. The van der Waals surface area contributed by atoms with Crippen LogP contribution in [0.1, 0.15) is 12.0 Å². The first-order valence-electron chi connectivity index (χ1n) is 6.99. The van der Waals surface area contributed by atoms with Gasteiger partial charge in [0.25, 0.3) is 0 Å². The Hall–Kier alpha value is -1.59. The molecule has 1 aromatic heterocycles. The number of aromatic nitrogens is 1. The molecule has 2 aliphatic rings. The van der Waals surface area contributed by atoms with Crippen molar-refractivity contribution in [2.24, 2.45) is 0 Å². The molecule has 2 saturated heterocycles. The molecule has 4 nitrogen and oxygen atoms in total. The molecule has 2 atom stereocenters. The molecule has 0 spiro atoms. The maximum atomic E-state index is 9.39. The van der Waals surface area contributed by atoms with Crippen LogP contribution >= 0.6 is 11.3 Å². The Morgan fingerprint density at radius 3 is 2.70 bits per heavy atom. The smallest absolute Gasteiger partial charge is 0.223 e. The van der Waals surface area contributed by atoms with E-state index in [1.807, 2.05) is 0 Å². The van der Waals surface area contributed by atoms with E-state index >= 15 is 0 Å². The molecule has 2 aromatic rings. The number of nitrogens with zero attached hydrogens (tertiary/aromatic N) is 3. The number of hydrogen-bond donors (Lipinski definition) is 1. The molecule has 0 amide bonds. The molecular weight excluding hydrogens is 270 g/mol. The largest absolute Gasteiger partial charge is 0.493 e. The Morgan fingerprint density at radius 1 is 1.20 bits per heavy atom. The minimum Gasteiger partial charge on any atom is -0.493 e. The number of anilines is 1. The number of piperazine rings is 1. The van der Waals surface area contributed by atoms with E-state index in [1.54, 1.807) is 5.38 Å². The summed E-state index contributed by atoms with van der Waals surface area (Å²) >= 11 is 1.54. The fourth-order valence-corrected chi connectivity index (χ4v) is 4.15. The second kappa shape index (κ2) is 4.75. The lowest BCUT2D eigenvalue weighted by Crippen LogP contribution is -2.45. The highest BCUT2D eigenvalue weighted by molar-refractivity contribution is 7.13. The highest BCUT2D eigenvalue weighted by atomic mass is 32.1. The van der Waals surface area contributed by atoms with Gasteiger partial charge in [0.05, 0.1) is 5.38 Å². The van der Waals surface area contributed by atoms with Crippen LogP contribution in [0.3, 0.4) is 0 Å². The van der Waals surface area contributed by atoms with E-state index in [9.17, 15) is 5.11 Å². The summed E-state index contributed by atoms with van der Waals surface area (Å²) in [6.45, 7) is 3.17. The topological polar surface area (TPSA) is 39.6 Å². The average molecular weight is 287 g/mol. The van der Waals surface area contributed by atoms with Gasteiger partial charge in [-0.3, -0.25) is 4.90 Å². The van der Waals surface area contributed by atoms with Gasteiger partial charge in [0, 0.05) is 31.7 Å². The van der Waals surface area contributed by atoms with Crippen molar-refractivity contribution >= 4 is 16.5 Å². The van der Waals surface area contributed by atoms with Crippen LogP contribution in [0.25, 0.3) is 0 Å². The predicted molar refractivity (Wildman–Crippen MR) is 80.2 cm³/mol. The van der Waals surface area contributed by atoms with Crippen LogP contribution in [-0.4, -0.2) is 40.2 Å².